The van der Waals surface area contributed by atoms with Crippen LogP contribution in [0.15, 0.2) is 97.3 Å². The molecular weight excluding hydrogens is 518 g/mol. The fourth-order valence-electron chi connectivity index (χ4n) is 4.56. The third-order valence-electron chi connectivity index (χ3n) is 6.80. The van der Waals surface area contributed by atoms with Crippen molar-refractivity contribution in [3.8, 4) is 17.2 Å². The summed E-state index contributed by atoms with van der Waals surface area (Å²) in [6.45, 7) is 0.573. The fourth-order valence-corrected chi connectivity index (χ4v) is 4.56. The zero-order valence-electron chi connectivity index (χ0n) is 23.6. The topological polar surface area (TPSA) is 90.0 Å². The van der Waals surface area contributed by atoms with Crippen LogP contribution in [-0.2, 0) is 35.5 Å². The van der Waals surface area contributed by atoms with Crippen molar-refractivity contribution in [3.63, 3.8) is 0 Å². The van der Waals surface area contributed by atoms with Crippen LogP contribution in [0, 0.1) is 0 Å². The highest BCUT2D eigenvalue weighted by atomic mass is 16.5. The zero-order valence-corrected chi connectivity index (χ0v) is 23.6. The van der Waals surface area contributed by atoms with E-state index in [1.54, 1.807) is 50.8 Å². The molecule has 0 aliphatic rings. The third-order valence-corrected chi connectivity index (χ3v) is 6.80. The molecule has 0 aliphatic heterocycles. The molecule has 1 N–H and O–H groups in total. The van der Waals surface area contributed by atoms with Crippen molar-refractivity contribution in [1.82, 2.24) is 15.2 Å². The van der Waals surface area contributed by atoms with E-state index in [9.17, 15) is 9.59 Å². The Morgan fingerprint density at radius 1 is 0.756 bits per heavy atom. The molecule has 4 aromatic rings. The van der Waals surface area contributed by atoms with Gasteiger partial charge in [-0.25, -0.2) is 0 Å². The van der Waals surface area contributed by atoms with Gasteiger partial charge in [0.15, 0.2) is 11.5 Å². The maximum absolute atomic E-state index is 14.0. The number of hydrogen-bond donors (Lipinski definition) is 1. The fraction of sp³-hybridized carbons (Fsp3) is 0.242. The first-order valence-electron chi connectivity index (χ1n) is 13.3. The SMILES string of the molecule is COc1ccc(CN(C(=O)Cc2ccc(OC)c(OC)c2)C(Cc2ccccc2)C(=O)NCc2ccncc2)cc1. The first-order chi connectivity index (χ1) is 20.0. The Labute approximate surface area is 240 Å². The Bertz CT molecular complexity index is 1410. The van der Waals surface area contributed by atoms with E-state index in [1.165, 1.54) is 0 Å². The maximum atomic E-state index is 14.0. The summed E-state index contributed by atoms with van der Waals surface area (Å²) in [4.78, 5) is 33.6. The van der Waals surface area contributed by atoms with E-state index in [-0.39, 0.29) is 24.8 Å². The normalized spacial score (nSPS) is 11.3. The number of pyridine rings is 1. The van der Waals surface area contributed by atoms with Gasteiger partial charge in [0.05, 0.1) is 27.8 Å². The van der Waals surface area contributed by atoms with Crippen molar-refractivity contribution in [1.29, 1.82) is 0 Å². The van der Waals surface area contributed by atoms with E-state index < -0.39 is 6.04 Å². The molecule has 3 aromatic carbocycles. The molecule has 1 unspecified atom stereocenters. The number of aromatic nitrogens is 1. The van der Waals surface area contributed by atoms with Crippen LogP contribution in [0.3, 0.4) is 0 Å². The molecule has 0 aliphatic carbocycles. The lowest BCUT2D eigenvalue weighted by molar-refractivity contribution is -0.140. The van der Waals surface area contributed by atoms with Crippen LogP contribution in [0.1, 0.15) is 22.3 Å². The predicted octanol–water partition coefficient (Wildman–Crippen LogP) is 4.61. The smallest absolute Gasteiger partial charge is 0.243 e. The summed E-state index contributed by atoms with van der Waals surface area (Å²) in [5.41, 5.74) is 3.51. The Kier molecular flexibility index (Phi) is 10.3. The average Bonchev–Trinajstić information content (AvgIpc) is 3.02. The third kappa shape index (κ3) is 8.08. The molecular formula is C33H35N3O5. The maximum Gasteiger partial charge on any atom is 0.243 e. The van der Waals surface area contributed by atoms with Gasteiger partial charge in [-0.05, 0) is 58.7 Å². The van der Waals surface area contributed by atoms with Gasteiger partial charge in [0.25, 0.3) is 0 Å². The van der Waals surface area contributed by atoms with Crippen molar-refractivity contribution in [2.24, 2.45) is 0 Å². The average molecular weight is 554 g/mol. The number of carbonyl (C=O) groups excluding carboxylic acids is 2. The van der Waals surface area contributed by atoms with Gasteiger partial charge in [0, 0.05) is 31.9 Å². The quantitative estimate of drug-likeness (QED) is 0.260. The lowest BCUT2D eigenvalue weighted by atomic mass is 10.0. The summed E-state index contributed by atoms with van der Waals surface area (Å²) < 4.78 is 16.1. The number of hydrogen-bond acceptors (Lipinski definition) is 6. The lowest BCUT2D eigenvalue weighted by Crippen LogP contribution is -2.50. The lowest BCUT2D eigenvalue weighted by Gasteiger charge is -2.32. The monoisotopic (exact) mass is 553 g/mol. The molecule has 8 nitrogen and oxygen atoms in total. The summed E-state index contributed by atoms with van der Waals surface area (Å²) in [5.74, 6) is 1.41. The Hall–Kier alpha value is -4.85. The number of ether oxygens (including phenoxy) is 3. The summed E-state index contributed by atoms with van der Waals surface area (Å²) in [7, 11) is 4.73. The molecule has 0 saturated carbocycles. The molecule has 8 heteroatoms. The molecule has 1 aromatic heterocycles. The first kappa shape index (κ1) is 29.1. The highest BCUT2D eigenvalue weighted by Crippen LogP contribution is 2.28. The minimum Gasteiger partial charge on any atom is -0.497 e. The number of methoxy groups -OCH3 is 3. The predicted molar refractivity (Wildman–Crippen MR) is 157 cm³/mol. The summed E-state index contributed by atoms with van der Waals surface area (Å²) in [6, 6.07) is 25.6. The number of amides is 2. The first-order valence-corrected chi connectivity index (χ1v) is 13.3. The van der Waals surface area contributed by atoms with Crippen LogP contribution >= 0.6 is 0 Å². The van der Waals surface area contributed by atoms with Crippen molar-refractivity contribution in [2.75, 3.05) is 21.3 Å². The number of nitrogens with zero attached hydrogens (tertiary/aromatic N) is 2. The second kappa shape index (κ2) is 14.5. The number of carbonyl (C=O) groups is 2. The van der Waals surface area contributed by atoms with Gasteiger partial charge in [0.1, 0.15) is 11.8 Å². The Morgan fingerprint density at radius 3 is 2.10 bits per heavy atom. The van der Waals surface area contributed by atoms with Gasteiger partial charge >= 0.3 is 0 Å². The molecule has 41 heavy (non-hydrogen) atoms. The van der Waals surface area contributed by atoms with Gasteiger partial charge < -0.3 is 24.4 Å². The van der Waals surface area contributed by atoms with E-state index in [0.29, 0.717) is 30.2 Å². The molecule has 0 bridgehead atoms. The molecule has 0 saturated heterocycles. The molecule has 4 rings (SSSR count). The van der Waals surface area contributed by atoms with Crippen LogP contribution in [0.25, 0.3) is 0 Å². The van der Waals surface area contributed by atoms with Gasteiger partial charge in [-0.3, -0.25) is 14.6 Å². The van der Waals surface area contributed by atoms with Crippen molar-refractivity contribution in [3.05, 3.63) is 120 Å². The standard InChI is InChI=1S/C33H35N3O5/c1-39-28-12-9-26(10-13-28)23-36(32(37)21-27-11-14-30(40-2)31(20-27)41-3)29(19-24-7-5-4-6-8-24)33(38)35-22-25-15-17-34-18-16-25/h4-18,20,29H,19,21-23H2,1-3H3,(H,35,38). The van der Waals surface area contributed by atoms with Crippen LogP contribution in [0.5, 0.6) is 17.2 Å². The molecule has 1 atom stereocenters. The summed E-state index contributed by atoms with van der Waals surface area (Å²) in [6.07, 6.45) is 3.81. The highest BCUT2D eigenvalue weighted by molar-refractivity contribution is 5.89. The largest absolute Gasteiger partial charge is 0.497 e. The van der Waals surface area contributed by atoms with Crippen LogP contribution in [0.2, 0.25) is 0 Å². The zero-order chi connectivity index (χ0) is 29.0. The summed E-state index contributed by atoms with van der Waals surface area (Å²) >= 11 is 0. The molecule has 0 spiro atoms. The molecule has 0 fully saturated rings. The van der Waals surface area contributed by atoms with Gasteiger partial charge in [-0.1, -0.05) is 48.5 Å². The minimum absolute atomic E-state index is 0.0828. The number of benzene rings is 3. The van der Waals surface area contributed by atoms with Crippen LogP contribution < -0.4 is 19.5 Å². The van der Waals surface area contributed by atoms with E-state index in [4.69, 9.17) is 14.2 Å². The van der Waals surface area contributed by atoms with Gasteiger partial charge in [0.2, 0.25) is 11.8 Å². The summed E-state index contributed by atoms with van der Waals surface area (Å²) in [5, 5.41) is 3.04. The van der Waals surface area contributed by atoms with Crippen molar-refractivity contribution < 1.29 is 23.8 Å². The molecule has 1 heterocycles. The van der Waals surface area contributed by atoms with Crippen LogP contribution in [0.4, 0.5) is 0 Å². The number of nitrogens with one attached hydrogen (secondary N) is 1. The van der Waals surface area contributed by atoms with E-state index in [1.807, 2.05) is 72.8 Å². The Balaban J connectivity index is 1.66. The van der Waals surface area contributed by atoms with E-state index in [2.05, 4.69) is 10.3 Å². The molecule has 0 radical (unpaired) electrons. The minimum atomic E-state index is -0.756. The van der Waals surface area contributed by atoms with E-state index >= 15 is 0 Å². The van der Waals surface area contributed by atoms with E-state index in [0.717, 1.165) is 22.3 Å². The van der Waals surface area contributed by atoms with Gasteiger partial charge in [-0.2, -0.15) is 0 Å². The second-order valence-corrected chi connectivity index (χ2v) is 9.51. The molecule has 212 valence electrons. The number of rotatable bonds is 13. The van der Waals surface area contributed by atoms with Crippen LogP contribution in [-0.4, -0.2) is 49.1 Å². The second-order valence-electron chi connectivity index (χ2n) is 9.51. The molecule has 2 amide bonds. The Morgan fingerprint density at radius 2 is 1.44 bits per heavy atom. The van der Waals surface area contributed by atoms with Crippen molar-refractivity contribution in [2.45, 2.75) is 32.0 Å². The van der Waals surface area contributed by atoms with Gasteiger partial charge in [-0.15, -0.1) is 0 Å². The van der Waals surface area contributed by atoms with Crippen molar-refractivity contribution >= 4 is 11.8 Å². The highest BCUT2D eigenvalue weighted by Gasteiger charge is 2.30.